The molecule has 0 spiro atoms. The minimum absolute atomic E-state index is 0.000116. The van der Waals surface area contributed by atoms with Gasteiger partial charge in [-0.05, 0) is 56.4 Å². The van der Waals surface area contributed by atoms with Gasteiger partial charge in [-0.3, -0.25) is 14.9 Å². The Morgan fingerprint density at radius 2 is 1.93 bits per heavy atom. The quantitative estimate of drug-likeness (QED) is 0.412. The number of aryl methyl sites for hydroxylation is 2. The number of carbonyl (C=O) groups excluding carboxylic acids is 1. The zero-order valence-electron chi connectivity index (χ0n) is 17.4. The van der Waals surface area contributed by atoms with Gasteiger partial charge in [0.25, 0.3) is 11.6 Å². The monoisotopic (exact) mass is 409 g/mol. The first-order valence-corrected chi connectivity index (χ1v) is 10.1. The van der Waals surface area contributed by atoms with E-state index in [2.05, 4.69) is 20.7 Å². The molecule has 1 fully saturated rings. The van der Waals surface area contributed by atoms with Crippen LogP contribution in [0.1, 0.15) is 36.0 Å². The zero-order chi connectivity index (χ0) is 21.5. The molecule has 1 saturated heterocycles. The van der Waals surface area contributed by atoms with E-state index in [0.29, 0.717) is 5.56 Å². The van der Waals surface area contributed by atoms with Gasteiger partial charge in [0.05, 0.1) is 17.7 Å². The lowest BCUT2D eigenvalue weighted by molar-refractivity contribution is -0.384. The van der Waals surface area contributed by atoms with Crippen LogP contribution in [-0.4, -0.2) is 36.7 Å². The third-order valence-corrected chi connectivity index (χ3v) is 5.14. The number of nitro benzene ring substituents is 1. The fourth-order valence-electron chi connectivity index (χ4n) is 3.50. The van der Waals surface area contributed by atoms with Crippen molar-refractivity contribution in [3.8, 4) is 0 Å². The molecule has 0 unspecified atom stereocenters. The Morgan fingerprint density at radius 3 is 2.67 bits per heavy atom. The molecule has 0 aliphatic carbocycles. The highest BCUT2D eigenvalue weighted by atomic mass is 16.6. The molecule has 158 valence electrons. The molecule has 30 heavy (non-hydrogen) atoms. The van der Waals surface area contributed by atoms with E-state index in [9.17, 15) is 14.9 Å². The van der Waals surface area contributed by atoms with Crippen molar-refractivity contribution < 1.29 is 9.72 Å². The van der Waals surface area contributed by atoms with Crippen molar-refractivity contribution in [1.82, 2.24) is 5.43 Å². The Morgan fingerprint density at radius 1 is 1.17 bits per heavy atom. The molecule has 3 rings (SSSR count). The second-order valence-electron chi connectivity index (χ2n) is 7.51. The minimum atomic E-state index is -0.427. The molecule has 0 bridgehead atoms. The molecule has 2 aromatic rings. The molecular weight excluding hydrogens is 382 g/mol. The maximum atomic E-state index is 12.2. The number of carbonyl (C=O) groups is 1. The first kappa shape index (κ1) is 21.3. The summed E-state index contributed by atoms with van der Waals surface area (Å²) in [6.07, 6.45) is 4.85. The molecule has 2 aromatic carbocycles. The standard InChI is InChI=1S/C22H27N5O3/c1-16-6-7-17(2)20(12-16)23-15-22(28)25-24-14-18-13-19(27(29)30)8-9-21(18)26-10-4-3-5-11-26/h6-9,12-14,23H,3-5,10-11,15H2,1-2H3,(H,25,28). The van der Waals surface area contributed by atoms with E-state index in [0.717, 1.165) is 48.4 Å². The van der Waals surface area contributed by atoms with E-state index in [1.165, 1.54) is 24.8 Å². The topological polar surface area (TPSA) is 99.9 Å². The number of piperidine rings is 1. The molecule has 1 aliphatic rings. The van der Waals surface area contributed by atoms with Gasteiger partial charge in [0.1, 0.15) is 0 Å². The maximum absolute atomic E-state index is 12.2. The SMILES string of the molecule is Cc1ccc(C)c(NCC(=O)NN=Cc2cc([N+](=O)[O-])ccc2N2CCCCC2)c1. The van der Waals surface area contributed by atoms with Crippen molar-refractivity contribution >= 4 is 29.2 Å². The summed E-state index contributed by atoms with van der Waals surface area (Å²) < 4.78 is 0. The fourth-order valence-corrected chi connectivity index (χ4v) is 3.50. The van der Waals surface area contributed by atoms with Gasteiger partial charge in [-0.15, -0.1) is 0 Å². The predicted molar refractivity (Wildman–Crippen MR) is 119 cm³/mol. The van der Waals surface area contributed by atoms with Crippen LogP contribution < -0.4 is 15.6 Å². The molecule has 1 heterocycles. The van der Waals surface area contributed by atoms with Crippen LogP contribution in [0.3, 0.4) is 0 Å². The average molecular weight is 409 g/mol. The highest BCUT2D eigenvalue weighted by molar-refractivity contribution is 5.90. The van der Waals surface area contributed by atoms with Crippen LogP contribution >= 0.6 is 0 Å². The van der Waals surface area contributed by atoms with E-state index in [4.69, 9.17) is 0 Å². The number of hydrogen-bond acceptors (Lipinski definition) is 6. The maximum Gasteiger partial charge on any atom is 0.270 e. The van der Waals surface area contributed by atoms with Crippen LogP contribution in [0.4, 0.5) is 17.1 Å². The second kappa shape index (κ2) is 9.87. The number of non-ortho nitro benzene ring substituents is 1. The van der Waals surface area contributed by atoms with E-state index in [1.54, 1.807) is 6.07 Å². The van der Waals surface area contributed by atoms with Gasteiger partial charge in [-0.1, -0.05) is 12.1 Å². The summed E-state index contributed by atoms with van der Waals surface area (Å²) in [6.45, 7) is 5.86. The third kappa shape index (κ3) is 5.56. The number of nitrogens with one attached hydrogen (secondary N) is 2. The van der Waals surface area contributed by atoms with Gasteiger partial charge in [-0.25, -0.2) is 5.43 Å². The number of nitro groups is 1. The van der Waals surface area contributed by atoms with Gasteiger partial charge < -0.3 is 10.2 Å². The van der Waals surface area contributed by atoms with E-state index >= 15 is 0 Å². The molecular formula is C22H27N5O3. The Hall–Kier alpha value is -3.42. The smallest absolute Gasteiger partial charge is 0.270 e. The summed E-state index contributed by atoms with van der Waals surface area (Å²) >= 11 is 0. The molecule has 2 N–H and O–H groups in total. The minimum Gasteiger partial charge on any atom is -0.376 e. The van der Waals surface area contributed by atoms with Gasteiger partial charge >= 0.3 is 0 Å². The largest absolute Gasteiger partial charge is 0.376 e. The zero-order valence-corrected chi connectivity index (χ0v) is 17.4. The summed E-state index contributed by atoms with van der Waals surface area (Å²) in [4.78, 5) is 25.1. The van der Waals surface area contributed by atoms with Gasteiger partial charge in [-0.2, -0.15) is 5.10 Å². The highest BCUT2D eigenvalue weighted by Crippen LogP contribution is 2.27. The number of benzene rings is 2. The number of anilines is 2. The molecule has 8 nitrogen and oxygen atoms in total. The molecule has 0 radical (unpaired) electrons. The summed E-state index contributed by atoms with van der Waals surface area (Å²) in [7, 11) is 0. The van der Waals surface area contributed by atoms with Crippen LogP contribution in [0, 0.1) is 24.0 Å². The molecule has 8 heteroatoms. The predicted octanol–water partition coefficient (Wildman–Crippen LogP) is 3.76. The number of hydrogen-bond donors (Lipinski definition) is 2. The lowest BCUT2D eigenvalue weighted by atomic mass is 10.1. The molecule has 0 atom stereocenters. The molecule has 1 aliphatic heterocycles. The third-order valence-electron chi connectivity index (χ3n) is 5.14. The lowest BCUT2D eigenvalue weighted by Gasteiger charge is -2.29. The van der Waals surface area contributed by atoms with Gasteiger partial charge in [0.15, 0.2) is 0 Å². The van der Waals surface area contributed by atoms with Crippen LogP contribution in [0.5, 0.6) is 0 Å². The van der Waals surface area contributed by atoms with Crippen LogP contribution in [0.2, 0.25) is 0 Å². The van der Waals surface area contributed by atoms with Crippen molar-refractivity contribution in [2.75, 3.05) is 29.9 Å². The van der Waals surface area contributed by atoms with Crippen LogP contribution in [0.15, 0.2) is 41.5 Å². The van der Waals surface area contributed by atoms with Crippen LogP contribution in [0.25, 0.3) is 0 Å². The van der Waals surface area contributed by atoms with Crippen molar-refractivity contribution in [2.24, 2.45) is 5.10 Å². The Bertz CT molecular complexity index is 952. The Kier molecular flexibility index (Phi) is 7.00. The van der Waals surface area contributed by atoms with E-state index in [1.807, 2.05) is 32.0 Å². The van der Waals surface area contributed by atoms with E-state index in [-0.39, 0.29) is 18.1 Å². The molecule has 0 aromatic heterocycles. The number of nitrogens with zero attached hydrogens (tertiary/aromatic N) is 3. The lowest BCUT2D eigenvalue weighted by Crippen LogP contribution is -2.30. The summed E-state index contributed by atoms with van der Waals surface area (Å²) in [6, 6.07) is 10.8. The van der Waals surface area contributed by atoms with E-state index < -0.39 is 4.92 Å². The average Bonchev–Trinajstić information content (AvgIpc) is 2.75. The first-order chi connectivity index (χ1) is 14.4. The van der Waals surface area contributed by atoms with Gasteiger partial charge in [0, 0.05) is 42.2 Å². The van der Waals surface area contributed by atoms with Crippen molar-refractivity contribution in [1.29, 1.82) is 0 Å². The summed E-state index contributed by atoms with van der Waals surface area (Å²) in [5.41, 5.74) is 7.08. The molecule has 0 saturated carbocycles. The Balaban J connectivity index is 1.66. The number of amides is 1. The second-order valence-corrected chi connectivity index (χ2v) is 7.51. The highest BCUT2D eigenvalue weighted by Gasteiger charge is 2.17. The fraction of sp³-hybridized carbons (Fsp3) is 0.364. The number of hydrazone groups is 1. The van der Waals surface area contributed by atoms with Crippen molar-refractivity contribution in [3.63, 3.8) is 0 Å². The Labute approximate surface area is 176 Å². The van der Waals surface area contributed by atoms with Crippen molar-refractivity contribution in [2.45, 2.75) is 33.1 Å². The first-order valence-electron chi connectivity index (χ1n) is 10.1. The normalized spacial score (nSPS) is 14.0. The summed E-state index contributed by atoms with van der Waals surface area (Å²) in [5.74, 6) is -0.294. The van der Waals surface area contributed by atoms with Gasteiger partial charge in [0.2, 0.25) is 0 Å². The summed E-state index contributed by atoms with van der Waals surface area (Å²) in [5, 5.41) is 18.3. The number of rotatable bonds is 7. The van der Waals surface area contributed by atoms with Crippen molar-refractivity contribution in [3.05, 3.63) is 63.2 Å². The van der Waals surface area contributed by atoms with Crippen LogP contribution in [-0.2, 0) is 4.79 Å². The molecule has 1 amide bonds.